The predicted molar refractivity (Wildman–Crippen MR) is 84.5 cm³/mol. The van der Waals surface area contributed by atoms with Crippen molar-refractivity contribution in [2.24, 2.45) is 5.41 Å². The van der Waals surface area contributed by atoms with E-state index in [0.717, 1.165) is 5.25 Å². The Bertz CT molecular complexity index is 227. The summed E-state index contributed by atoms with van der Waals surface area (Å²) in [4.78, 5) is 2.52. The van der Waals surface area contributed by atoms with Gasteiger partial charge in [0.25, 0.3) is 0 Å². The highest BCUT2D eigenvalue weighted by Gasteiger charge is 2.37. The smallest absolute Gasteiger partial charge is 0.0234 e. The first kappa shape index (κ1) is 16.3. The number of nitrogens with one attached hydrogen (secondary N) is 1. The van der Waals surface area contributed by atoms with Crippen LogP contribution in [0.15, 0.2) is 0 Å². The van der Waals surface area contributed by atoms with Crippen LogP contribution in [0, 0.1) is 5.41 Å². The van der Waals surface area contributed by atoms with Gasteiger partial charge >= 0.3 is 0 Å². The summed E-state index contributed by atoms with van der Waals surface area (Å²) < 4.78 is 0. The molecule has 2 unspecified atom stereocenters. The second-order valence-electron chi connectivity index (χ2n) is 6.08. The predicted octanol–water partition coefficient (Wildman–Crippen LogP) is 3.23. The van der Waals surface area contributed by atoms with E-state index in [9.17, 15) is 0 Å². The summed E-state index contributed by atoms with van der Waals surface area (Å²) in [5.41, 5.74) is 0.458. The molecule has 0 bridgehead atoms. The fourth-order valence-electron chi connectivity index (χ4n) is 3.21. The van der Waals surface area contributed by atoms with Crippen molar-refractivity contribution in [3.63, 3.8) is 0 Å². The van der Waals surface area contributed by atoms with Gasteiger partial charge in [-0.1, -0.05) is 34.1 Å². The Kier molecular flexibility index (Phi) is 7.04. The summed E-state index contributed by atoms with van der Waals surface area (Å²) in [5, 5.41) is 4.38. The standard InChI is InChI=1S/C15H32N2S/c1-6-17(7-2)11-12-18-13-9-8-10-15(3,4)14(13)16-5/h13-14,16H,6-12H2,1-5H3. The first-order valence-corrected chi connectivity index (χ1v) is 8.61. The Balaban J connectivity index is 2.40. The van der Waals surface area contributed by atoms with Crippen LogP contribution in [0.5, 0.6) is 0 Å². The molecule has 2 nitrogen and oxygen atoms in total. The second kappa shape index (κ2) is 7.76. The highest BCUT2D eigenvalue weighted by atomic mass is 32.2. The average molecular weight is 273 g/mol. The minimum Gasteiger partial charge on any atom is -0.315 e. The molecule has 1 aliphatic rings. The molecule has 1 N–H and O–H groups in total. The molecule has 1 aliphatic carbocycles. The highest BCUT2D eigenvalue weighted by molar-refractivity contribution is 8.00. The van der Waals surface area contributed by atoms with Gasteiger partial charge in [0.2, 0.25) is 0 Å². The van der Waals surface area contributed by atoms with E-state index in [0.29, 0.717) is 11.5 Å². The van der Waals surface area contributed by atoms with Crippen molar-refractivity contribution in [3.8, 4) is 0 Å². The normalized spacial score (nSPS) is 27.7. The van der Waals surface area contributed by atoms with Crippen LogP contribution in [0.4, 0.5) is 0 Å². The Labute approximate surface area is 118 Å². The van der Waals surface area contributed by atoms with E-state index in [2.05, 4.69) is 56.7 Å². The van der Waals surface area contributed by atoms with Crippen molar-refractivity contribution in [2.45, 2.75) is 58.2 Å². The summed E-state index contributed by atoms with van der Waals surface area (Å²) in [6, 6.07) is 0.674. The van der Waals surface area contributed by atoms with Crippen LogP contribution in [0.2, 0.25) is 0 Å². The van der Waals surface area contributed by atoms with Crippen molar-refractivity contribution in [1.29, 1.82) is 0 Å². The first-order chi connectivity index (χ1) is 8.55. The lowest BCUT2D eigenvalue weighted by atomic mass is 9.73. The SMILES string of the molecule is CCN(CC)CCSC1CCCC(C)(C)C1NC. The van der Waals surface area contributed by atoms with E-state index < -0.39 is 0 Å². The van der Waals surface area contributed by atoms with Crippen LogP contribution in [-0.2, 0) is 0 Å². The van der Waals surface area contributed by atoms with Crippen LogP contribution >= 0.6 is 11.8 Å². The Morgan fingerprint density at radius 1 is 1.28 bits per heavy atom. The van der Waals surface area contributed by atoms with E-state index in [4.69, 9.17) is 0 Å². The van der Waals surface area contributed by atoms with E-state index >= 15 is 0 Å². The summed E-state index contributed by atoms with van der Waals surface area (Å²) >= 11 is 2.19. The van der Waals surface area contributed by atoms with E-state index in [1.165, 1.54) is 44.6 Å². The molecule has 0 aliphatic heterocycles. The number of hydrogen-bond donors (Lipinski definition) is 1. The molecule has 0 amide bonds. The monoisotopic (exact) mass is 272 g/mol. The van der Waals surface area contributed by atoms with Crippen molar-refractivity contribution in [3.05, 3.63) is 0 Å². The minimum atomic E-state index is 0.458. The highest BCUT2D eigenvalue weighted by Crippen LogP contribution is 2.40. The third kappa shape index (κ3) is 4.43. The average Bonchev–Trinajstić information content (AvgIpc) is 2.34. The minimum absolute atomic E-state index is 0.458. The molecule has 0 aromatic heterocycles. The van der Waals surface area contributed by atoms with Gasteiger partial charge in [-0.15, -0.1) is 0 Å². The van der Waals surface area contributed by atoms with Crippen LogP contribution in [-0.4, -0.2) is 48.6 Å². The Hall–Kier alpha value is 0.270. The van der Waals surface area contributed by atoms with Gasteiger partial charge in [0.05, 0.1) is 0 Å². The molecule has 3 heteroatoms. The van der Waals surface area contributed by atoms with Crippen molar-refractivity contribution < 1.29 is 0 Å². The summed E-state index contributed by atoms with van der Waals surface area (Å²) in [5.74, 6) is 1.28. The fraction of sp³-hybridized carbons (Fsp3) is 1.00. The zero-order valence-corrected chi connectivity index (χ0v) is 13.8. The lowest BCUT2D eigenvalue weighted by molar-refractivity contribution is 0.182. The maximum Gasteiger partial charge on any atom is 0.0234 e. The quantitative estimate of drug-likeness (QED) is 0.766. The third-order valence-corrected chi connectivity index (χ3v) is 5.82. The lowest BCUT2D eigenvalue weighted by Crippen LogP contribution is -2.50. The molecule has 0 heterocycles. The molecule has 0 aromatic carbocycles. The Morgan fingerprint density at radius 2 is 1.94 bits per heavy atom. The topological polar surface area (TPSA) is 15.3 Å². The van der Waals surface area contributed by atoms with Gasteiger partial charge < -0.3 is 10.2 Å². The molecule has 108 valence electrons. The largest absolute Gasteiger partial charge is 0.315 e. The van der Waals surface area contributed by atoms with Crippen LogP contribution in [0.25, 0.3) is 0 Å². The molecular weight excluding hydrogens is 240 g/mol. The van der Waals surface area contributed by atoms with Crippen LogP contribution in [0.3, 0.4) is 0 Å². The van der Waals surface area contributed by atoms with Crippen molar-refractivity contribution in [1.82, 2.24) is 10.2 Å². The molecular formula is C15H32N2S. The van der Waals surface area contributed by atoms with Crippen molar-refractivity contribution >= 4 is 11.8 Å². The molecule has 0 radical (unpaired) electrons. The van der Waals surface area contributed by atoms with E-state index in [-0.39, 0.29) is 0 Å². The molecule has 1 rings (SSSR count). The third-order valence-electron chi connectivity index (χ3n) is 4.47. The van der Waals surface area contributed by atoms with Crippen LogP contribution < -0.4 is 5.32 Å². The van der Waals surface area contributed by atoms with E-state index in [1.54, 1.807) is 0 Å². The number of thioether (sulfide) groups is 1. The lowest BCUT2D eigenvalue weighted by Gasteiger charge is -2.44. The summed E-state index contributed by atoms with van der Waals surface area (Å²) in [6.07, 6.45) is 4.15. The summed E-state index contributed by atoms with van der Waals surface area (Å²) in [6.45, 7) is 13.0. The molecule has 0 saturated heterocycles. The van der Waals surface area contributed by atoms with Gasteiger partial charge in [0.1, 0.15) is 0 Å². The van der Waals surface area contributed by atoms with Crippen LogP contribution in [0.1, 0.15) is 47.0 Å². The van der Waals surface area contributed by atoms with Gasteiger partial charge in [0, 0.05) is 23.6 Å². The van der Waals surface area contributed by atoms with Gasteiger partial charge in [-0.05, 0) is 38.4 Å². The van der Waals surface area contributed by atoms with Gasteiger partial charge in [-0.25, -0.2) is 0 Å². The molecule has 0 spiro atoms. The zero-order valence-electron chi connectivity index (χ0n) is 13.0. The number of nitrogens with zero attached hydrogens (tertiary/aromatic N) is 1. The first-order valence-electron chi connectivity index (χ1n) is 7.56. The molecule has 1 fully saturated rings. The summed E-state index contributed by atoms with van der Waals surface area (Å²) in [7, 11) is 2.13. The molecule has 1 saturated carbocycles. The van der Waals surface area contributed by atoms with Gasteiger partial charge in [-0.2, -0.15) is 11.8 Å². The number of rotatable bonds is 7. The zero-order chi connectivity index (χ0) is 13.6. The second-order valence-corrected chi connectivity index (χ2v) is 7.43. The molecule has 18 heavy (non-hydrogen) atoms. The van der Waals surface area contributed by atoms with Crippen molar-refractivity contribution in [2.75, 3.05) is 32.4 Å². The van der Waals surface area contributed by atoms with E-state index in [1.807, 2.05) is 0 Å². The Morgan fingerprint density at radius 3 is 2.50 bits per heavy atom. The maximum atomic E-state index is 3.58. The van der Waals surface area contributed by atoms with Gasteiger partial charge in [0.15, 0.2) is 0 Å². The fourth-order valence-corrected chi connectivity index (χ4v) is 4.91. The maximum absolute atomic E-state index is 3.58. The number of hydrogen-bond acceptors (Lipinski definition) is 3. The molecule has 0 aromatic rings. The van der Waals surface area contributed by atoms with Gasteiger partial charge in [-0.3, -0.25) is 0 Å². The molecule has 2 atom stereocenters.